The zero-order valence-electron chi connectivity index (χ0n) is 10.3. The Bertz CT molecular complexity index is 529. The summed E-state index contributed by atoms with van der Waals surface area (Å²) in [6.45, 7) is 1.85. The molecule has 0 amide bonds. The lowest BCUT2D eigenvalue weighted by molar-refractivity contribution is 0.407. The van der Waals surface area contributed by atoms with Crippen molar-refractivity contribution in [3.63, 3.8) is 0 Å². The van der Waals surface area contributed by atoms with E-state index in [0.29, 0.717) is 12.2 Å². The highest BCUT2D eigenvalue weighted by atomic mass is 16.6. The predicted molar refractivity (Wildman–Crippen MR) is 70.8 cm³/mol. The van der Waals surface area contributed by atoms with Crippen LogP contribution >= 0.6 is 0 Å². The van der Waals surface area contributed by atoms with Gasteiger partial charge in [-0.2, -0.15) is 0 Å². The Labute approximate surface area is 107 Å². The average molecular weight is 240 g/mol. The fourth-order valence-electron chi connectivity index (χ4n) is 2.66. The van der Waals surface area contributed by atoms with Crippen molar-refractivity contribution in [2.24, 2.45) is 0 Å². The monoisotopic (exact) mass is 240 g/mol. The minimum atomic E-state index is 0.450. The van der Waals surface area contributed by atoms with Gasteiger partial charge in [-0.15, -0.1) is 0 Å². The van der Waals surface area contributed by atoms with Crippen LogP contribution in [0, 0.1) is 0 Å². The number of hydrogen-bond acceptors (Lipinski definition) is 2. The van der Waals surface area contributed by atoms with E-state index in [1.54, 1.807) is 0 Å². The van der Waals surface area contributed by atoms with Crippen molar-refractivity contribution in [1.82, 2.24) is 0 Å². The maximum atomic E-state index is 5.35. The molecule has 0 radical (unpaired) electrons. The molecule has 2 saturated heterocycles. The van der Waals surface area contributed by atoms with Gasteiger partial charge in [0.25, 0.3) is 0 Å². The molecule has 2 fully saturated rings. The van der Waals surface area contributed by atoms with E-state index in [4.69, 9.17) is 9.47 Å². The number of rotatable bonds is 4. The van der Waals surface area contributed by atoms with Crippen LogP contribution < -0.4 is 0 Å². The molecule has 2 nitrogen and oxygen atoms in total. The lowest BCUT2D eigenvalue weighted by atomic mass is 9.96. The molecule has 92 valence electrons. The molecular weight excluding hydrogens is 224 g/mol. The summed E-state index contributed by atoms with van der Waals surface area (Å²) in [5.41, 5.74) is 2.82. The van der Waals surface area contributed by atoms with Crippen molar-refractivity contribution >= 4 is 10.8 Å². The molecule has 0 saturated carbocycles. The highest BCUT2D eigenvalue weighted by Crippen LogP contribution is 2.28. The summed E-state index contributed by atoms with van der Waals surface area (Å²) in [7, 11) is 0. The van der Waals surface area contributed by atoms with Gasteiger partial charge < -0.3 is 9.47 Å². The number of epoxide rings is 2. The Morgan fingerprint density at radius 3 is 1.61 bits per heavy atom. The van der Waals surface area contributed by atoms with Crippen molar-refractivity contribution in [1.29, 1.82) is 0 Å². The van der Waals surface area contributed by atoms with E-state index in [1.807, 2.05) is 0 Å². The second-order valence-electron chi connectivity index (χ2n) is 5.25. The number of fused-ring (bicyclic) bond motifs is 1. The largest absolute Gasteiger partial charge is 0.373 e. The summed E-state index contributed by atoms with van der Waals surface area (Å²) in [6, 6.07) is 13.2. The predicted octanol–water partition coefficient (Wildman–Crippen LogP) is 2.72. The molecule has 2 aliphatic heterocycles. The van der Waals surface area contributed by atoms with Crippen LogP contribution in [0.5, 0.6) is 0 Å². The molecule has 2 atom stereocenters. The third-order valence-corrected chi connectivity index (χ3v) is 3.80. The lowest BCUT2D eigenvalue weighted by Gasteiger charge is -2.09. The zero-order valence-corrected chi connectivity index (χ0v) is 10.3. The van der Waals surface area contributed by atoms with Crippen LogP contribution in [0.3, 0.4) is 0 Å². The van der Waals surface area contributed by atoms with Gasteiger partial charge in [0.05, 0.1) is 25.4 Å². The first-order valence-electron chi connectivity index (χ1n) is 6.63. The van der Waals surface area contributed by atoms with E-state index in [-0.39, 0.29) is 0 Å². The Kier molecular flexibility index (Phi) is 2.39. The molecule has 2 aromatic rings. The second kappa shape index (κ2) is 4.08. The molecule has 0 N–H and O–H groups in total. The van der Waals surface area contributed by atoms with Crippen molar-refractivity contribution in [3.8, 4) is 0 Å². The zero-order chi connectivity index (χ0) is 11.9. The summed E-state index contributed by atoms with van der Waals surface area (Å²) < 4.78 is 10.7. The topological polar surface area (TPSA) is 25.1 Å². The molecule has 2 heterocycles. The van der Waals surface area contributed by atoms with E-state index >= 15 is 0 Å². The fourth-order valence-corrected chi connectivity index (χ4v) is 2.66. The van der Waals surface area contributed by atoms with Gasteiger partial charge in [0.15, 0.2) is 0 Å². The Balaban J connectivity index is 1.77. The number of benzene rings is 2. The smallest absolute Gasteiger partial charge is 0.0850 e. The summed E-state index contributed by atoms with van der Waals surface area (Å²) in [6.07, 6.45) is 2.98. The van der Waals surface area contributed by atoms with E-state index in [9.17, 15) is 0 Å². The van der Waals surface area contributed by atoms with Crippen molar-refractivity contribution in [3.05, 3.63) is 47.5 Å². The maximum Gasteiger partial charge on any atom is 0.0850 e. The van der Waals surface area contributed by atoms with Crippen molar-refractivity contribution in [2.45, 2.75) is 25.0 Å². The minimum absolute atomic E-state index is 0.450. The quantitative estimate of drug-likeness (QED) is 0.768. The second-order valence-corrected chi connectivity index (χ2v) is 5.25. The Morgan fingerprint density at radius 1 is 0.778 bits per heavy atom. The Hall–Kier alpha value is -1.38. The molecular formula is C16H16O2. The molecule has 0 bridgehead atoms. The molecule has 2 aromatic carbocycles. The van der Waals surface area contributed by atoms with Gasteiger partial charge in [0.2, 0.25) is 0 Å². The highest BCUT2D eigenvalue weighted by Gasteiger charge is 2.25. The molecule has 0 aromatic heterocycles. The Morgan fingerprint density at radius 2 is 1.22 bits per heavy atom. The van der Waals surface area contributed by atoms with Gasteiger partial charge in [0, 0.05) is 12.8 Å². The standard InChI is InChI=1S/C16H16O2/c1-3-11(7-13-9-17-13)16-6-2-4-12(15(16)5-1)8-14-10-18-14/h1-6,13-14H,7-10H2. The molecule has 0 aliphatic carbocycles. The molecule has 2 heteroatoms. The summed E-state index contributed by atoms with van der Waals surface area (Å²) in [5, 5.41) is 2.76. The van der Waals surface area contributed by atoms with Crippen LogP contribution in [-0.2, 0) is 22.3 Å². The average Bonchev–Trinajstić information content (AvgIpc) is 3.25. The number of ether oxygens (including phenoxy) is 2. The van der Waals surface area contributed by atoms with E-state index < -0.39 is 0 Å². The van der Waals surface area contributed by atoms with E-state index in [0.717, 1.165) is 26.1 Å². The first kappa shape index (κ1) is 10.5. The van der Waals surface area contributed by atoms with Crippen LogP contribution in [0.15, 0.2) is 36.4 Å². The molecule has 2 unspecified atom stereocenters. The van der Waals surface area contributed by atoms with Crippen molar-refractivity contribution < 1.29 is 9.47 Å². The van der Waals surface area contributed by atoms with Crippen LogP contribution in [0.4, 0.5) is 0 Å². The minimum Gasteiger partial charge on any atom is -0.373 e. The normalized spacial score (nSPS) is 25.3. The van der Waals surface area contributed by atoms with Crippen LogP contribution in [0.2, 0.25) is 0 Å². The molecule has 0 spiro atoms. The highest BCUT2D eigenvalue weighted by molar-refractivity contribution is 5.88. The van der Waals surface area contributed by atoms with E-state index in [1.165, 1.54) is 21.9 Å². The van der Waals surface area contributed by atoms with Crippen LogP contribution in [0.25, 0.3) is 10.8 Å². The fraction of sp³-hybridized carbons (Fsp3) is 0.375. The third kappa shape index (κ3) is 2.02. The first-order chi connectivity index (χ1) is 8.90. The van der Waals surface area contributed by atoms with Gasteiger partial charge in [-0.1, -0.05) is 36.4 Å². The van der Waals surface area contributed by atoms with Gasteiger partial charge in [0.1, 0.15) is 0 Å². The lowest BCUT2D eigenvalue weighted by Crippen LogP contribution is -1.97. The van der Waals surface area contributed by atoms with E-state index in [2.05, 4.69) is 36.4 Å². The van der Waals surface area contributed by atoms with Crippen LogP contribution in [0.1, 0.15) is 11.1 Å². The number of hydrogen-bond donors (Lipinski definition) is 0. The van der Waals surface area contributed by atoms with Gasteiger partial charge in [-0.25, -0.2) is 0 Å². The van der Waals surface area contributed by atoms with Gasteiger partial charge >= 0.3 is 0 Å². The summed E-state index contributed by atoms with van der Waals surface area (Å²) in [4.78, 5) is 0. The summed E-state index contributed by atoms with van der Waals surface area (Å²) >= 11 is 0. The molecule has 4 rings (SSSR count). The van der Waals surface area contributed by atoms with Gasteiger partial charge in [-0.05, 0) is 21.9 Å². The maximum absolute atomic E-state index is 5.35. The molecule has 2 aliphatic rings. The third-order valence-electron chi connectivity index (χ3n) is 3.80. The van der Waals surface area contributed by atoms with Crippen LogP contribution in [-0.4, -0.2) is 25.4 Å². The summed E-state index contributed by atoms with van der Waals surface area (Å²) in [5.74, 6) is 0. The SMILES string of the molecule is c1cc(CC2CO2)c2cccc(CC3CO3)c2c1. The van der Waals surface area contributed by atoms with Gasteiger partial charge in [-0.3, -0.25) is 0 Å². The van der Waals surface area contributed by atoms with Crippen molar-refractivity contribution in [2.75, 3.05) is 13.2 Å². The first-order valence-corrected chi connectivity index (χ1v) is 6.63. The molecule has 18 heavy (non-hydrogen) atoms.